The molecule has 1 heterocycles. The molecule has 1 amide bonds. The minimum Gasteiger partial charge on any atom is -0.459 e. The fourth-order valence-corrected chi connectivity index (χ4v) is 4.04. The fraction of sp³-hybridized carbons (Fsp3) is 0.222. The number of rotatable bonds is 7. The van der Waals surface area contributed by atoms with Crippen LogP contribution in [0.25, 0.3) is 21.7 Å². The monoisotopic (exact) mass is 477 g/mol. The first kappa shape index (κ1) is 23.5. The number of hydrogen-bond acceptors (Lipinski definition) is 5. The zero-order valence-corrected chi connectivity index (χ0v) is 19.6. The van der Waals surface area contributed by atoms with E-state index < -0.39 is 23.5 Å². The van der Waals surface area contributed by atoms with Crippen LogP contribution < -0.4 is 10.9 Å². The Bertz CT molecular complexity index is 1410. The van der Waals surface area contributed by atoms with Crippen molar-refractivity contribution in [3.8, 4) is 0 Å². The summed E-state index contributed by atoms with van der Waals surface area (Å²) >= 11 is 5.90. The zero-order chi connectivity index (χ0) is 24.2. The quantitative estimate of drug-likeness (QED) is 0.216. The Labute approximate surface area is 201 Å². The van der Waals surface area contributed by atoms with Crippen molar-refractivity contribution in [1.82, 2.24) is 5.32 Å². The molecule has 0 fully saturated rings. The standard InChI is InChI=1S/C27H24ClNO5/c1-16(2)13-22(29-26(31)18-7-10-20(28)11-8-18)27(32)33-15-19-14-24(30)34-23-12-9-17-5-3-4-6-21(17)25(19)23/h3-12,14,16,22H,13,15H2,1-2H3,(H,29,31)/t22-/m0/s1. The molecule has 4 aromatic rings. The zero-order valence-electron chi connectivity index (χ0n) is 18.8. The van der Waals surface area contributed by atoms with Gasteiger partial charge in [0, 0.05) is 27.6 Å². The lowest BCUT2D eigenvalue weighted by Gasteiger charge is -2.20. The number of carbonyl (C=O) groups excluding carboxylic acids is 2. The van der Waals surface area contributed by atoms with E-state index in [4.69, 9.17) is 20.8 Å². The number of ether oxygens (including phenoxy) is 1. The lowest BCUT2D eigenvalue weighted by molar-refractivity contribution is -0.147. The molecule has 0 aliphatic heterocycles. The maximum atomic E-state index is 13.0. The highest BCUT2D eigenvalue weighted by molar-refractivity contribution is 6.30. The Kier molecular flexibility index (Phi) is 6.98. The first-order chi connectivity index (χ1) is 16.3. The second kappa shape index (κ2) is 10.1. The summed E-state index contributed by atoms with van der Waals surface area (Å²) in [6.45, 7) is 3.79. The average molecular weight is 478 g/mol. The molecule has 174 valence electrons. The van der Waals surface area contributed by atoms with Crippen LogP contribution in [-0.4, -0.2) is 17.9 Å². The van der Waals surface area contributed by atoms with Gasteiger partial charge in [0.15, 0.2) is 0 Å². The van der Waals surface area contributed by atoms with Crippen molar-refractivity contribution in [3.63, 3.8) is 0 Å². The van der Waals surface area contributed by atoms with Gasteiger partial charge in [-0.1, -0.05) is 55.8 Å². The SMILES string of the molecule is CC(C)C[C@H](NC(=O)c1ccc(Cl)cc1)C(=O)OCc1cc(=O)oc2ccc3ccccc3c12. The molecule has 0 saturated heterocycles. The van der Waals surface area contributed by atoms with Gasteiger partial charge in [-0.05, 0) is 53.4 Å². The van der Waals surface area contributed by atoms with Crippen molar-refractivity contribution in [2.75, 3.05) is 0 Å². The number of amides is 1. The highest BCUT2D eigenvalue weighted by atomic mass is 35.5. The summed E-state index contributed by atoms with van der Waals surface area (Å²) in [5, 5.41) is 5.87. The topological polar surface area (TPSA) is 85.6 Å². The van der Waals surface area contributed by atoms with Gasteiger partial charge >= 0.3 is 11.6 Å². The van der Waals surface area contributed by atoms with Crippen molar-refractivity contribution in [3.05, 3.63) is 93.3 Å². The number of halogens is 1. The molecule has 3 aromatic carbocycles. The largest absolute Gasteiger partial charge is 0.459 e. The van der Waals surface area contributed by atoms with E-state index in [-0.39, 0.29) is 12.5 Å². The molecule has 0 radical (unpaired) electrons. The van der Waals surface area contributed by atoms with Crippen LogP contribution in [-0.2, 0) is 16.1 Å². The molecule has 7 heteroatoms. The van der Waals surface area contributed by atoms with E-state index in [1.54, 1.807) is 30.3 Å². The molecule has 1 atom stereocenters. The van der Waals surface area contributed by atoms with E-state index in [2.05, 4.69) is 5.32 Å². The molecule has 0 spiro atoms. The first-order valence-corrected chi connectivity index (χ1v) is 11.4. The van der Waals surface area contributed by atoms with E-state index in [1.165, 1.54) is 6.07 Å². The van der Waals surface area contributed by atoms with Crippen molar-refractivity contribution < 1.29 is 18.7 Å². The van der Waals surface area contributed by atoms with Gasteiger partial charge in [-0.25, -0.2) is 9.59 Å². The predicted octanol–water partition coefficient (Wildman–Crippen LogP) is 5.49. The molecule has 0 unspecified atom stereocenters. The van der Waals surface area contributed by atoms with E-state index in [0.717, 1.165) is 16.2 Å². The lowest BCUT2D eigenvalue weighted by Crippen LogP contribution is -2.42. The number of fused-ring (bicyclic) bond motifs is 3. The van der Waals surface area contributed by atoms with E-state index in [0.29, 0.717) is 28.2 Å². The summed E-state index contributed by atoms with van der Waals surface area (Å²) in [5.74, 6) is -0.828. The van der Waals surface area contributed by atoms with Crippen LogP contribution in [0.2, 0.25) is 5.02 Å². The summed E-state index contributed by atoms with van der Waals surface area (Å²) < 4.78 is 11.0. The molecule has 34 heavy (non-hydrogen) atoms. The van der Waals surface area contributed by atoms with Gasteiger partial charge < -0.3 is 14.5 Å². The average Bonchev–Trinajstić information content (AvgIpc) is 2.81. The molecular formula is C27H24ClNO5. The fourth-order valence-electron chi connectivity index (χ4n) is 3.91. The van der Waals surface area contributed by atoms with Crippen molar-refractivity contribution in [2.24, 2.45) is 5.92 Å². The summed E-state index contributed by atoms with van der Waals surface area (Å²) in [5.41, 5.74) is 0.837. The van der Waals surface area contributed by atoms with Crippen LogP contribution in [0.3, 0.4) is 0 Å². The minimum atomic E-state index is -0.841. The van der Waals surface area contributed by atoms with Gasteiger partial charge in [0.1, 0.15) is 18.2 Å². The predicted molar refractivity (Wildman–Crippen MR) is 132 cm³/mol. The van der Waals surface area contributed by atoms with Crippen LogP contribution in [0, 0.1) is 5.92 Å². The van der Waals surface area contributed by atoms with Gasteiger partial charge in [-0.15, -0.1) is 0 Å². The third kappa shape index (κ3) is 5.29. The van der Waals surface area contributed by atoms with Crippen LogP contribution >= 0.6 is 11.6 Å². The molecule has 0 aliphatic carbocycles. The van der Waals surface area contributed by atoms with Crippen LogP contribution in [0.4, 0.5) is 0 Å². The van der Waals surface area contributed by atoms with Gasteiger partial charge in [-0.3, -0.25) is 4.79 Å². The maximum absolute atomic E-state index is 13.0. The molecule has 0 bridgehead atoms. The van der Waals surface area contributed by atoms with E-state index in [1.807, 2.05) is 44.2 Å². The lowest BCUT2D eigenvalue weighted by atomic mass is 10.0. The second-order valence-corrected chi connectivity index (χ2v) is 8.96. The van der Waals surface area contributed by atoms with Crippen LogP contribution in [0.5, 0.6) is 0 Å². The molecule has 6 nitrogen and oxygen atoms in total. The molecule has 0 saturated carbocycles. The first-order valence-electron chi connectivity index (χ1n) is 11.0. The Morgan fingerprint density at radius 3 is 2.50 bits per heavy atom. The number of esters is 1. The molecule has 0 aliphatic rings. The number of hydrogen-bond donors (Lipinski definition) is 1. The van der Waals surface area contributed by atoms with E-state index >= 15 is 0 Å². The van der Waals surface area contributed by atoms with Crippen molar-refractivity contribution in [2.45, 2.75) is 32.9 Å². The molecular weight excluding hydrogens is 454 g/mol. The van der Waals surface area contributed by atoms with Crippen LogP contribution in [0.15, 0.2) is 75.9 Å². The number of benzene rings is 3. The summed E-state index contributed by atoms with van der Waals surface area (Å²) in [6, 6.07) is 18.2. The normalized spacial score (nSPS) is 12.1. The summed E-state index contributed by atoms with van der Waals surface area (Å²) in [4.78, 5) is 37.8. The van der Waals surface area contributed by atoms with Gasteiger partial charge in [-0.2, -0.15) is 0 Å². The summed E-state index contributed by atoms with van der Waals surface area (Å²) in [6.07, 6.45) is 0.402. The van der Waals surface area contributed by atoms with Gasteiger partial charge in [0.05, 0.1) is 0 Å². The third-order valence-corrected chi connectivity index (χ3v) is 5.74. The molecule has 1 aromatic heterocycles. The maximum Gasteiger partial charge on any atom is 0.336 e. The smallest absolute Gasteiger partial charge is 0.336 e. The number of carbonyl (C=O) groups is 2. The highest BCUT2D eigenvalue weighted by Gasteiger charge is 2.24. The van der Waals surface area contributed by atoms with Gasteiger partial charge in [0.25, 0.3) is 5.91 Å². The highest BCUT2D eigenvalue weighted by Crippen LogP contribution is 2.28. The number of nitrogens with one attached hydrogen (secondary N) is 1. The molecule has 1 N–H and O–H groups in total. The molecule has 4 rings (SSSR count). The van der Waals surface area contributed by atoms with Crippen molar-refractivity contribution >= 4 is 45.2 Å². The third-order valence-electron chi connectivity index (χ3n) is 5.49. The Hall–Kier alpha value is -3.64. The van der Waals surface area contributed by atoms with E-state index in [9.17, 15) is 14.4 Å². The minimum absolute atomic E-state index is 0.125. The van der Waals surface area contributed by atoms with Gasteiger partial charge in [0.2, 0.25) is 0 Å². The summed E-state index contributed by atoms with van der Waals surface area (Å²) in [7, 11) is 0. The second-order valence-electron chi connectivity index (χ2n) is 8.52. The Morgan fingerprint density at radius 1 is 1.03 bits per heavy atom. The Morgan fingerprint density at radius 2 is 1.76 bits per heavy atom. The Balaban J connectivity index is 1.58. The van der Waals surface area contributed by atoms with Crippen LogP contribution in [0.1, 0.15) is 36.2 Å². The van der Waals surface area contributed by atoms with Crippen molar-refractivity contribution in [1.29, 1.82) is 0 Å².